The average molecular weight is 376 g/mol. The summed E-state index contributed by atoms with van der Waals surface area (Å²) in [4.78, 5) is 10.4. The Balaban J connectivity index is 2.17. The van der Waals surface area contributed by atoms with Crippen molar-refractivity contribution in [3.8, 4) is 0 Å². The van der Waals surface area contributed by atoms with Gasteiger partial charge >= 0.3 is 0 Å². The molecule has 0 amide bonds. The Morgan fingerprint density at radius 3 is 2.70 bits per heavy atom. The molecular weight excluding hydrogens is 367 g/mol. The van der Waals surface area contributed by atoms with Crippen LogP contribution in [0.15, 0.2) is 40.9 Å². The molecule has 0 aliphatic rings. The van der Waals surface area contributed by atoms with Crippen LogP contribution in [-0.4, -0.2) is 4.92 Å². The minimum atomic E-state index is -0.443. The number of halogens is 3. The standard InChI is InChI=1S/C13H9BrCl2N2O2/c14-10-5-4-9(6-12(10)18(19)20)17-7-8-2-1-3-11(15)13(8)16/h1-6,17H,7H2. The van der Waals surface area contributed by atoms with Crippen LogP contribution in [0, 0.1) is 10.1 Å². The molecule has 0 aliphatic heterocycles. The normalized spacial score (nSPS) is 10.3. The number of nitrogens with zero attached hydrogens (tertiary/aromatic N) is 1. The molecule has 0 saturated heterocycles. The highest BCUT2D eigenvalue weighted by molar-refractivity contribution is 9.10. The maximum atomic E-state index is 10.9. The smallest absolute Gasteiger partial charge is 0.285 e. The number of nitrogens with one attached hydrogen (secondary N) is 1. The fourth-order valence-electron chi connectivity index (χ4n) is 1.64. The average Bonchev–Trinajstić information content (AvgIpc) is 2.41. The van der Waals surface area contributed by atoms with Crippen LogP contribution >= 0.6 is 39.1 Å². The quantitative estimate of drug-likeness (QED) is 0.584. The topological polar surface area (TPSA) is 55.2 Å². The first-order valence-electron chi connectivity index (χ1n) is 5.59. The molecule has 20 heavy (non-hydrogen) atoms. The number of nitro benzene ring substituents is 1. The highest BCUT2D eigenvalue weighted by Gasteiger charge is 2.12. The third-order valence-electron chi connectivity index (χ3n) is 2.66. The van der Waals surface area contributed by atoms with E-state index in [1.807, 2.05) is 6.07 Å². The molecule has 2 rings (SSSR count). The van der Waals surface area contributed by atoms with Gasteiger partial charge in [-0.2, -0.15) is 0 Å². The fraction of sp³-hybridized carbons (Fsp3) is 0.0769. The Morgan fingerprint density at radius 1 is 1.25 bits per heavy atom. The van der Waals surface area contributed by atoms with Gasteiger partial charge in [-0.3, -0.25) is 10.1 Å². The third kappa shape index (κ3) is 3.42. The van der Waals surface area contributed by atoms with Gasteiger partial charge in [0.1, 0.15) is 0 Å². The lowest BCUT2D eigenvalue weighted by atomic mass is 10.2. The van der Waals surface area contributed by atoms with Gasteiger partial charge in [0.15, 0.2) is 0 Å². The van der Waals surface area contributed by atoms with Gasteiger partial charge in [-0.25, -0.2) is 0 Å². The molecule has 0 fully saturated rings. The lowest BCUT2D eigenvalue weighted by Crippen LogP contribution is -2.01. The van der Waals surface area contributed by atoms with Gasteiger partial charge in [0.2, 0.25) is 0 Å². The summed E-state index contributed by atoms with van der Waals surface area (Å²) in [5, 5.41) is 14.9. The van der Waals surface area contributed by atoms with E-state index in [2.05, 4.69) is 21.2 Å². The second-order valence-corrected chi connectivity index (χ2v) is 5.63. The van der Waals surface area contributed by atoms with E-state index in [-0.39, 0.29) is 5.69 Å². The summed E-state index contributed by atoms with van der Waals surface area (Å²) >= 11 is 15.1. The summed E-state index contributed by atoms with van der Waals surface area (Å²) in [6.07, 6.45) is 0. The van der Waals surface area contributed by atoms with Gasteiger partial charge in [-0.05, 0) is 39.7 Å². The molecule has 2 aromatic rings. The van der Waals surface area contributed by atoms with Crippen molar-refractivity contribution < 1.29 is 4.92 Å². The molecule has 7 heteroatoms. The number of hydrogen-bond acceptors (Lipinski definition) is 3. The van der Waals surface area contributed by atoms with Crippen molar-refractivity contribution >= 4 is 50.5 Å². The molecule has 0 aromatic heterocycles. The van der Waals surface area contributed by atoms with Crippen molar-refractivity contribution in [1.82, 2.24) is 0 Å². The molecular formula is C13H9BrCl2N2O2. The zero-order valence-electron chi connectivity index (χ0n) is 10.1. The van der Waals surface area contributed by atoms with Crippen molar-refractivity contribution in [1.29, 1.82) is 0 Å². The summed E-state index contributed by atoms with van der Waals surface area (Å²) in [6.45, 7) is 0.429. The van der Waals surface area contributed by atoms with Gasteiger partial charge in [0.05, 0.1) is 19.4 Å². The summed E-state index contributed by atoms with van der Waals surface area (Å²) in [5.41, 5.74) is 1.47. The van der Waals surface area contributed by atoms with Crippen LogP contribution in [0.1, 0.15) is 5.56 Å². The minimum Gasteiger partial charge on any atom is -0.381 e. The van der Waals surface area contributed by atoms with Crippen molar-refractivity contribution in [2.45, 2.75) is 6.54 Å². The van der Waals surface area contributed by atoms with Crippen molar-refractivity contribution in [2.24, 2.45) is 0 Å². The largest absolute Gasteiger partial charge is 0.381 e. The van der Waals surface area contributed by atoms with E-state index in [4.69, 9.17) is 23.2 Å². The van der Waals surface area contributed by atoms with E-state index < -0.39 is 4.92 Å². The monoisotopic (exact) mass is 374 g/mol. The summed E-state index contributed by atoms with van der Waals surface area (Å²) < 4.78 is 0.439. The molecule has 0 unspecified atom stereocenters. The Hall–Kier alpha value is -1.30. The number of nitro groups is 1. The lowest BCUT2D eigenvalue weighted by Gasteiger charge is -2.09. The first kappa shape index (κ1) is 15.1. The van der Waals surface area contributed by atoms with Crippen molar-refractivity contribution in [2.75, 3.05) is 5.32 Å². The highest BCUT2D eigenvalue weighted by atomic mass is 79.9. The second kappa shape index (κ2) is 6.43. The van der Waals surface area contributed by atoms with Crippen LogP contribution in [0.4, 0.5) is 11.4 Å². The molecule has 104 valence electrons. The van der Waals surface area contributed by atoms with E-state index in [1.54, 1.807) is 24.3 Å². The first-order chi connectivity index (χ1) is 9.49. The molecule has 0 bridgehead atoms. The highest BCUT2D eigenvalue weighted by Crippen LogP contribution is 2.29. The molecule has 0 atom stereocenters. The minimum absolute atomic E-state index is 0.00666. The van der Waals surface area contributed by atoms with Crippen LogP contribution < -0.4 is 5.32 Å². The maximum absolute atomic E-state index is 10.9. The third-order valence-corrected chi connectivity index (χ3v) is 4.19. The van der Waals surface area contributed by atoms with Crippen LogP contribution in [0.3, 0.4) is 0 Å². The van der Waals surface area contributed by atoms with Crippen LogP contribution in [0.25, 0.3) is 0 Å². The van der Waals surface area contributed by atoms with Crippen LogP contribution in [-0.2, 0) is 6.54 Å². The molecule has 0 saturated carbocycles. The van der Waals surface area contributed by atoms with E-state index in [1.165, 1.54) is 6.07 Å². The Morgan fingerprint density at radius 2 is 2.00 bits per heavy atom. The fourth-order valence-corrected chi connectivity index (χ4v) is 2.42. The van der Waals surface area contributed by atoms with Gasteiger partial charge in [-0.15, -0.1) is 0 Å². The molecule has 0 heterocycles. The second-order valence-electron chi connectivity index (χ2n) is 3.99. The summed E-state index contributed by atoms with van der Waals surface area (Å²) in [7, 11) is 0. The molecule has 0 radical (unpaired) electrons. The van der Waals surface area contributed by atoms with Crippen LogP contribution in [0.2, 0.25) is 10.0 Å². The molecule has 2 aromatic carbocycles. The van der Waals surface area contributed by atoms with Crippen molar-refractivity contribution in [3.63, 3.8) is 0 Å². The maximum Gasteiger partial charge on any atom is 0.285 e. The molecule has 0 spiro atoms. The van der Waals surface area contributed by atoms with Gasteiger partial charge < -0.3 is 5.32 Å². The Kier molecular flexibility index (Phi) is 4.86. The number of anilines is 1. The van der Waals surface area contributed by atoms with Gasteiger partial charge in [0.25, 0.3) is 5.69 Å². The number of benzene rings is 2. The first-order valence-corrected chi connectivity index (χ1v) is 7.14. The zero-order valence-corrected chi connectivity index (χ0v) is 13.2. The van der Waals surface area contributed by atoms with Crippen LogP contribution in [0.5, 0.6) is 0 Å². The predicted molar refractivity (Wildman–Crippen MR) is 84.6 cm³/mol. The lowest BCUT2D eigenvalue weighted by molar-refractivity contribution is -0.385. The number of hydrogen-bond donors (Lipinski definition) is 1. The Labute approximate surface area is 134 Å². The van der Waals surface area contributed by atoms with E-state index in [0.717, 1.165) is 5.56 Å². The van der Waals surface area contributed by atoms with E-state index in [9.17, 15) is 10.1 Å². The van der Waals surface area contributed by atoms with Gasteiger partial charge in [-0.1, -0.05) is 35.3 Å². The summed E-state index contributed by atoms with van der Waals surface area (Å²) in [6, 6.07) is 10.2. The molecule has 1 N–H and O–H groups in total. The van der Waals surface area contributed by atoms with E-state index in [0.29, 0.717) is 26.8 Å². The summed E-state index contributed by atoms with van der Waals surface area (Å²) in [5.74, 6) is 0. The Bertz CT molecular complexity index is 665. The van der Waals surface area contributed by atoms with E-state index >= 15 is 0 Å². The van der Waals surface area contributed by atoms with Crippen molar-refractivity contribution in [3.05, 3.63) is 66.6 Å². The molecule has 0 aliphatic carbocycles. The number of rotatable bonds is 4. The SMILES string of the molecule is O=[N+]([O-])c1cc(NCc2cccc(Cl)c2Cl)ccc1Br. The molecule has 4 nitrogen and oxygen atoms in total. The zero-order chi connectivity index (χ0) is 14.7. The predicted octanol–water partition coefficient (Wildman–Crippen LogP) is 5.28. The van der Waals surface area contributed by atoms with Gasteiger partial charge in [0, 0.05) is 18.3 Å².